The quantitative estimate of drug-likeness (QED) is 0.184. The second kappa shape index (κ2) is 10.6. The van der Waals surface area contributed by atoms with E-state index < -0.39 is 0 Å². The average Bonchev–Trinajstić information content (AvgIpc) is 3.31. The number of rotatable bonds is 7. The van der Waals surface area contributed by atoms with Crippen LogP contribution in [-0.2, 0) is 4.43 Å². The fraction of sp³-hybridized carbons (Fsp3) is 0.280. The third-order valence-corrected chi connectivity index (χ3v) is 6.99. The van der Waals surface area contributed by atoms with Gasteiger partial charge in [-0.05, 0) is 43.9 Å². The van der Waals surface area contributed by atoms with Gasteiger partial charge >= 0.3 is 0 Å². The highest BCUT2D eigenvalue weighted by atomic mass is 127. The molecule has 0 bridgehead atoms. The lowest BCUT2D eigenvalue weighted by Gasteiger charge is -2.27. The van der Waals surface area contributed by atoms with Crippen LogP contribution in [0.3, 0.4) is 0 Å². The number of para-hydroxylation sites is 1. The minimum absolute atomic E-state index is 0.267. The van der Waals surface area contributed by atoms with Gasteiger partial charge in [-0.3, -0.25) is 9.78 Å². The molecule has 9 nitrogen and oxygen atoms in total. The normalized spacial score (nSPS) is 17.8. The first-order valence-corrected chi connectivity index (χ1v) is 13.2. The smallest absolute Gasteiger partial charge is 0.276 e. The van der Waals surface area contributed by atoms with Crippen LogP contribution in [0.1, 0.15) is 41.7 Å². The summed E-state index contributed by atoms with van der Waals surface area (Å²) in [6, 6.07) is 14.2. The van der Waals surface area contributed by atoms with Crippen LogP contribution >= 0.6 is 22.6 Å². The maximum absolute atomic E-state index is 13.3. The second-order valence-corrected chi connectivity index (χ2v) is 9.45. The van der Waals surface area contributed by atoms with Crippen molar-refractivity contribution in [2.45, 2.75) is 42.2 Å². The summed E-state index contributed by atoms with van der Waals surface area (Å²) in [6.45, 7) is 0. The van der Waals surface area contributed by atoms with Gasteiger partial charge in [-0.1, -0.05) is 40.8 Å². The Bertz CT molecular complexity index is 1320. The van der Waals surface area contributed by atoms with Crippen molar-refractivity contribution in [1.29, 1.82) is 0 Å². The Morgan fingerprint density at radius 3 is 2.66 bits per heavy atom. The molecule has 5 rings (SSSR count). The molecule has 1 amide bonds. The number of hydrogen-bond acceptors (Lipinski definition) is 7. The number of imidazole rings is 1. The van der Waals surface area contributed by atoms with Gasteiger partial charge in [0.2, 0.25) is 0 Å². The minimum Gasteiger partial charge on any atom is -0.366 e. The molecule has 0 spiro atoms. The molecule has 0 unspecified atom stereocenters. The average molecular weight is 582 g/mol. The molecular formula is C25H27IN8O. The van der Waals surface area contributed by atoms with Gasteiger partial charge in [0.15, 0.2) is 11.3 Å². The van der Waals surface area contributed by atoms with E-state index in [2.05, 4.69) is 48.5 Å². The number of fused-ring (bicyclic) bond motifs is 1. The number of nitrogens with one attached hydrogen (secondary N) is 3. The summed E-state index contributed by atoms with van der Waals surface area (Å²) < 4.78 is 2.33. The van der Waals surface area contributed by atoms with Gasteiger partial charge in [-0.25, -0.2) is 9.50 Å². The van der Waals surface area contributed by atoms with E-state index in [4.69, 9.17) is 10.8 Å². The van der Waals surface area contributed by atoms with Gasteiger partial charge in [0.1, 0.15) is 5.82 Å². The molecule has 4 aromatic rings. The number of nitrogens with zero attached hydrogens (tertiary/aromatic N) is 4. The van der Waals surface area contributed by atoms with Gasteiger partial charge in [0.25, 0.3) is 5.91 Å². The van der Waals surface area contributed by atoms with Crippen molar-refractivity contribution < 1.29 is 4.79 Å². The van der Waals surface area contributed by atoms with E-state index in [1.54, 1.807) is 29.2 Å². The molecule has 0 saturated heterocycles. The number of anilines is 4. The van der Waals surface area contributed by atoms with Crippen LogP contribution in [0.4, 0.5) is 22.9 Å². The minimum atomic E-state index is -0.284. The Hall–Kier alpha value is -3.25. The number of carbonyl (C=O) groups excluding carboxylic acids is 1. The highest BCUT2D eigenvalue weighted by Crippen LogP contribution is 2.27. The lowest BCUT2D eigenvalue weighted by atomic mass is 9.92. The Morgan fingerprint density at radius 1 is 1.09 bits per heavy atom. The third-order valence-electron chi connectivity index (χ3n) is 6.17. The van der Waals surface area contributed by atoms with Crippen molar-refractivity contribution in [3.8, 4) is 0 Å². The summed E-state index contributed by atoms with van der Waals surface area (Å²) in [5, 5.41) is 14.7. The highest BCUT2D eigenvalue weighted by Gasteiger charge is 2.21. The van der Waals surface area contributed by atoms with E-state index in [9.17, 15) is 4.79 Å². The number of nitrogens with two attached hydrogens (primary N) is 1. The monoisotopic (exact) mass is 582 g/mol. The number of alkyl halides is 1. The van der Waals surface area contributed by atoms with Crippen LogP contribution in [-0.4, -0.2) is 37.6 Å². The SMILES string of the molecule is N[C@H]1CC[C@H](Nc2cc(Nc3ccccc3)c3ncc(C(=O)Nc4ccncc4CI)n3n2)CC1. The summed E-state index contributed by atoms with van der Waals surface area (Å²) in [7, 11) is 0. The summed E-state index contributed by atoms with van der Waals surface area (Å²) in [6.07, 6.45) is 8.92. The van der Waals surface area contributed by atoms with Crippen molar-refractivity contribution >= 4 is 57.0 Å². The summed E-state index contributed by atoms with van der Waals surface area (Å²) in [5.41, 5.74) is 10.4. The zero-order valence-electron chi connectivity index (χ0n) is 19.1. The maximum atomic E-state index is 13.3. The zero-order chi connectivity index (χ0) is 24.2. The van der Waals surface area contributed by atoms with Crippen LogP contribution < -0.4 is 21.7 Å². The first-order chi connectivity index (χ1) is 17.1. The van der Waals surface area contributed by atoms with Crippen molar-refractivity contribution in [2.24, 2.45) is 5.73 Å². The molecule has 10 heteroatoms. The molecule has 3 aromatic heterocycles. The van der Waals surface area contributed by atoms with E-state index in [0.717, 1.165) is 52.7 Å². The van der Waals surface area contributed by atoms with E-state index >= 15 is 0 Å². The molecule has 0 aliphatic heterocycles. The molecule has 1 fully saturated rings. The number of aromatic nitrogens is 4. The Kier molecular flexibility index (Phi) is 7.09. The molecule has 1 aliphatic carbocycles. The summed E-state index contributed by atoms with van der Waals surface area (Å²) >= 11 is 2.25. The van der Waals surface area contributed by atoms with Gasteiger partial charge < -0.3 is 21.7 Å². The predicted molar refractivity (Wildman–Crippen MR) is 146 cm³/mol. The first kappa shape index (κ1) is 23.5. The third kappa shape index (κ3) is 5.38. The van der Waals surface area contributed by atoms with Gasteiger partial charge in [0, 0.05) is 51.9 Å². The lowest BCUT2D eigenvalue weighted by Crippen LogP contribution is -2.33. The first-order valence-electron chi connectivity index (χ1n) is 11.6. The van der Waals surface area contributed by atoms with E-state index in [1.807, 2.05) is 36.4 Å². The van der Waals surface area contributed by atoms with Crippen LogP contribution in [0.25, 0.3) is 5.65 Å². The topological polar surface area (TPSA) is 122 Å². The molecule has 1 saturated carbocycles. The second-order valence-electron chi connectivity index (χ2n) is 8.69. The molecule has 180 valence electrons. The molecular weight excluding hydrogens is 555 g/mol. The van der Waals surface area contributed by atoms with Crippen molar-refractivity contribution in [2.75, 3.05) is 16.0 Å². The van der Waals surface area contributed by atoms with E-state index in [1.165, 1.54) is 0 Å². The maximum Gasteiger partial charge on any atom is 0.276 e. The molecule has 3 heterocycles. The van der Waals surface area contributed by atoms with Crippen molar-refractivity contribution in [3.63, 3.8) is 0 Å². The van der Waals surface area contributed by atoms with Crippen LogP contribution in [0.2, 0.25) is 0 Å². The number of pyridine rings is 1. The number of carbonyl (C=O) groups is 1. The standard InChI is InChI=1S/C25H27IN8O/c26-13-16-14-28-11-10-20(16)32-25(35)22-15-29-24-21(30-18-4-2-1-3-5-18)12-23(33-34(22)24)31-19-8-6-17(27)7-9-19/h1-5,10-12,14-15,17,19,30H,6-9,13,27H2,(H,31,33)(H,28,32,35)/t17-,19-. The zero-order valence-corrected chi connectivity index (χ0v) is 21.3. The summed E-state index contributed by atoms with van der Waals surface area (Å²) in [4.78, 5) is 22.0. The largest absolute Gasteiger partial charge is 0.366 e. The van der Waals surface area contributed by atoms with Gasteiger partial charge in [-0.15, -0.1) is 5.10 Å². The van der Waals surface area contributed by atoms with E-state index in [0.29, 0.717) is 17.2 Å². The van der Waals surface area contributed by atoms with Crippen LogP contribution in [0.5, 0.6) is 0 Å². The number of amides is 1. The van der Waals surface area contributed by atoms with Gasteiger partial charge in [-0.2, -0.15) is 0 Å². The molecule has 35 heavy (non-hydrogen) atoms. The fourth-order valence-electron chi connectivity index (χ4n) is 4.28. The van der Waals surface area contributed by atoms with Crippen LogP contribution in [0.15, 0.2) is 61.1 Å². The van der Waals surface area contributed by atoms with Crippen molar-refractivity contribution in [3.05, 3.63) is 72.3 Å². The van der Waals surface area contributed by atoms with Gasteiger partial charge in [0.05, 0.1) is 11.9 Å². The van der Waals surface area contributed by atoms with Crippen molar-refractivity contribution in [1.82, 2.24) is 19.6 Å². The highest BCUT2D eigenvalue weighted by molar-refractivity contribution is 14.1. The Balaban J connectivity index is 1.50. The van der Waals surface area contributed by atoms with Crippen LogP contribution in [0, 0.1) is 0 Å². The lowest BCUT2D eigenvalue weighted by molar-refractivity contribution is 0.102. The molecule has 5 N–H and O–H groups in total. The molecule has 1 aromatic carbocycles. The van der Waals surface area contributed by atoms with E-state index in [-0.39, 0.29) is 18.0 Å². The molecule has 0 radical (unpaired) electrons. The molecule has 0 atom stereocenters. The fourth-order valence-corrected chi connectivity index (χ4v) is 4.89. The molecule has 1 aliphatic rings. The Morgan fingerprint density at radius 2 is 1.89 bits per heavy atom. The summed E-state index contributed by atoms with van der Waals surface area (Å²) in [5.74, 6) is 0.397. The number of hydrogen-bond donors (Lipinski definition) is 4. The number of halogens is 1. The Labute approximate surface area is 217 Å². The predicted octanol–water partition coefficient (Wildman–Crippen LogP) is 4.74. The number of benzene rings is 1.